The molecule has 1 heteroatoms. The Bertz CT molecular complexity index is 129. The first-order valence-electron chi connectivity index (χ1n) is 4.90. The Morgan fingerprint density at radius 3 is 1.73 bits per heavy atom. The molecular formula is C10H19N. The van der Waals surface area contributed by atoms with Gasteiger partial charge in [0, 0.05) is 5.54 Å². The summed E-state index contributed by atoms with van der Waals surface area (Å²) >= 11 is 0. The Morgan fingerprint density at radius 1 is 1.00 bits per heavy atom. The molecular weight excluding hydrogens is 134 g/mol. The van der Waals surface area contributed by atoms with E-state index in [-0.39, 0.29) is 0 Å². The van der Waals surface area contributed by atoms with Crippen molar-refractivity contribution >= 4 is 0 Å². The minimum absolute atomic E-state index is 0.620. The van der Waals surface area contributed by atoms with Crippen molar-refractivity contribution in [3.8, 4) is 0 Å². The summed E-state index contributed by atoms with van der Waals surface area (Å²) in [6, 6.07) is 0. The van der Waals surface area contributed by atoms with Crippen molar-refractivity contribution in [2.75, 3.05) is 14.1 Å². The summed E-state index contributed by atoms with van der Waals surface area (Å²) < 4.78 is 0. The van der Waals surface area contributed by atoms with Gasteiger partial charge in [-0.2, -0.15) is 0 Å². The third-order valence-electron chi connectivity index (χ3n) is 4.00. The molecule has 0 heterocycles. The molecule has 3 rings (SSSR count). The molecule has 0 atom stereocenters. The second kappa shape index (κ2) is 2.48. The van der Waals surface area contributed by atoms with Crippen molar-refractivity contribution in [1.82, 2.24) is 4.90 Å². The lowest BCUT2D eigenvalue weighted by molar-refractivity contribution is 0.0218. The molecule has 3 fully saturated rings. The summed E-state index contributed by atoms with van der Waals surface area (Å²) in [5, 5.41) is 0. The van der Waals surface area contributed by atoms with Gasteiger partial charge in [-0.25, -0.2) is 0 Å². The van der Waals surface area contributed by atoms with Crippen LogP contribution in [0, 0.1) is 5.92 Å². The van der Waals surface area contributed by atoms with Gasteiger partial charge < -0.3 is 4.90 Å². The summed E-state index contributed by atoms with van der Waals surface area (Å²) in [4.78, 5) is 2.47. The Balaban J connectivity index is 2.12. The fraction of sp³-hybridized carbons (Fsp3) is 1.00. The highest BCUT2D eigenvalue weighted by Gasteiger charge is 2.41. The molecule has 0 aromatic heterocycles. The molecule has 2 bridgehead atoms. The van der Waals surface area contributed by atoms with Crippen molar-refractivity contribution in [3.05, 3.63) is 0 Å². The minimum Gasteiger partial charge on any atom is -0.304 e. The molecule has 0 spiro atoms. The zero-order chi connectivity index (χ0) is 7.90. The Labute approximate surface area is 69.8 Å². The van der Waals surface area contributed by atoms with E-state index in [1.807, 2.05) is 0 Å². The van der Waals surface area contributed by atoms with E-state index in [4.69, 9.17) is 0 Å². The minimum atomic E-state index is 0.620. The van der Waals surface area contributed by atoms with Gasteiger partial charge in [0.15, 0.2) is 0 Å². The lowest BCUT2D eigenvalue weighted by Crippen LogP contribution is -2.50. The van der Waals surface area contributed by atoms with Gasteiger partial charge in [-0.3, -0.25) is 0 Å². The molecule has 0 saturated heterocycles. The standard InChI is InChI=1S/C10H19N/c1-11(2)10-6-3-9(4-7-10)5-8-10/h9H,3-8H2,1-2H3. The van der Waals surface area contributed by atoms with Crippen LogP contribution in [0.3, 0.4) is 0 Å². The first-order valence-corrected chi connectivity index (χ1v) is 4.90. The van der Waals surface area contributed by atoms with Crippen LogP contribution in [0.25, 0.3) is 0 Å². The SMILES string of the molecule is CN(C)C12CCC(CC1)CC2. The van der Waals surface area contributed by atoms with Crippen molar-refractivity contribution in [3.63, 3.8) is 0 Å². The zero-order valence-electron chi connectivity index (χ0n) is 7.77. The van der Waals surface area contributed by atoms with Gasteiger partial charge in [-0.15, -0.1) is 0 Å². The molecule has 3 aliphatic carbocycles. The summed E-state index contributed by atoms with van der Waals surface area (Å²) in [6.45, 7) is 0. The van der Waals surface area contributed by atoms with E-state index in [0.29, 0.717) is 5.54 Å². The number of rotatable bonds is 1. The number of fused-ring (bicyclic) bond motifs is 3. The van der Waals surface area contributed by atoms with Gasteiger partial charge in [0.1, 0.15) is 0 Å². The van der Waals surface area contributed by atoms with Gasteiger partial charge in [0.25, 0.3) is 0 Å². The van der Waals surface area contributed by atoms with E-state index in [0.717, 1.165) is 5.92 Å². The van der Waals surface area contributed by atoms with E-state index in [2.05, 4.69) is 19.0 Å². The maximum absolute atomic E-state index is 2.47. The largest absolute Gasteiger partial charge is 0.304 e. The van der Waals surface area contributed by atoms with Crippen LogP contribution in [0.2, 0.25) is 0 Å². The highest BCUT2D eigenvalue weighted by molar-refractivity contribution is 4.97. The summed E-state index contributed by atoms with van der Waals surface area (Å²) in [5.41, 5.74) is 0.620. The molecule has 0 radical (unpaired) electrons. The molecule has 0 aromatic rings. The number of nitrogens with zero attached hydrogens (tertiary/aromatic N) is 1. The van der Waals surface area contributed by atoms with Crippen molar-refractivity contribution in [1.29, 1.82) is 0 Å². The first-order chi connectivity index (χ1) is 5.23. The third kappa shape index (κ3) is 1.10. The molecule has 11 heavy (non-hydrogen) atoms. The summed E-state index contributed by atoms with van der Waals surface area (Å²) in [7, 11) is 4.51. The maximum Gasteiger partial charge on any atom is 0.0203 e. The van der Waals surface area contributed by atoms with E-state index in [1.165, 1.54) is 38.5 Å². The first kappa shape index (κ1) is 7.60. The normalized spacial score (nSPS) is 43.4. The van der Waals surface area contributed by atoms with Crippen LogP contribution in [-0.2, 0) is 0 Å². The van der Waals surface area contributed by atoms with Crippen molar-refractivity contribution < 1.29 is 0 Å². The van der Waals surface area contributed by atoms with Crippen LogP contribution in [-0.4, -0.2) is 24.5 Å². The van der Waals surface area contributed by atoms with Crippen LogP contribution in [0.1, 0.15) is 38.5 Å². The van der Waals surface area contributed by atoms with Crippen LogP contribution in [0.15, 0.2) is 0 Å². The van der Waals surface area contributed by atoms with Crippen LogP contribution in [0.5, 0.6) is 0 Å². The quantitative estimate of drug-likeness (QED) is 0.558. The van der Waals surface area contributed by atoms with E-state index in [1.54, 1.807) is 0 Å². The predicted molar refractivity (Wildman–Crippen MR) is 47.6 cm³/mol. The molecule has 1 nitrogen and oxygen atoms in total. The van der Waals surface area contributed by atoms with Gasteiger partial charge in [-0.05, 0) is 58.5 Å². The van der Waals surface area contributed by atoms with Crippen LogP contribution < -0.4 is 0 Å². The van der Waals surface area contributed by atoms with Gasteiger partial charge >= 0.3 is 0 Å². The van der Waals surface area contributed by atoms with Gasteiger partial charge in [-0.1, -0.05) is 0 Å². The van der Waals surface area contributed by atoms with E-state index in [9.17, 15) is 0 Å². The molecule has 0 aromatic carbocycles. The Morgan fingerprint density at radius 2 is 1.45 bits per heavy atom. The average Bonchev–Trinajstić information content (AvgIpc) is 2.08. The maximum atomic E-state index is 2.47. The molecule has 0 unspecified atom stereocenters. The zero-order valence-corrected chi connectivity index (χ0v) is 7.77. The predicted octanol–water partition coefficient (Wildman–Crippen LogP) is 2.27. The number of hydrogen-bond donors (Lipinski definition) is 0. The fourth-order valence-electron chi connectivity index (χ4n) is 2.90. The second-order valence-electron chi connectivity index (χ2n) is 4.60. The third-order valence-corrected chi connectivity index (χ3v) is 4.00. The van der Waals surface area contributed by atoms with Crippen molar-refractivity contribution in [2.24, 2.45) is 5.92 Å². The highest BCUT2D eigenvalue weighted by Crippen LogP contribution is 2.46. The van der Waals surface area contributed by atoms with E-state index >= 15 is 0 Å². The average molecular weight is 153 g/mol. The lowest BCUT2D eigenvalue weighted by Gasteiger charge is -2.50. The van der Waals surface area contributed by atoms with Crippen LogP contribution >= 0.6 is 0 Å². The highest BCUT2D eigenvalue weighted by atomic mass is 15.1. The summed E-state index contributed by atoms with van der Waals surface area (Å²) in [5.74, 6) is 1.09. The molecule has 64 valence electrons. The molecule has 0 N–H and O–H groups in total. The smallest absolute Gasteiger partial charge is 0.0203 e. The van der Waals surface area contributed by atoms with Gasteiger partial charge in [0.2, 0.25) is 0 Å². The van der Waals surface area contributed by atoms with Crippen molar-refractivity contribution in [2.45, 2.75) is 44.1 Å². The van der Waals surface area contributed by atoms with E-state index < -0.39 is 0 Å². The molecule has 0 aliphatic heterocycles. The molecule has 3 saturated carbocycles. The second-order valence-corrected chi connectivity index (χ2v) is 4.60. The van der Waals surface area contributed by atoms with Crippen LogP contribution in [0.4, 0.5) is 0 Å². The Hall–Kier alpha value is -0.0400. The van der Waals surface area contributed by atoms with Gasteiger partial charge in [0.05, 0.1) is 0 Å². The lowest BCUT2D eigenvalue weighted by atomic mass is 9.65. The molecule has 0 amide bonds. The monoisotopic (exact) mass is 153 g/mol. The molecule has 3 aliphatic rings. The summed E-state index contributed by atoms with van der Waals surface area (Å²) in [6.07, 6.45) is 8.88. The fourth-order valence-corrected chi connectivity index (χ4v) is 2.90. The Kier molecular flexibility index (Phi) is 1.71. The number of hydrogen-bond acceptors (Lipinski definition) is 1. The topological polar surface area (TPSA) is 3.24 Å².